The van der Waals surface area contributed by atoms with E-state index in [1.54, 1.807) is 19.3 Å². The summed E-state index contributed by atoms with van der Waals surface area (Å²) >= 11 is 1.49. The largest absolute Gasteiger partial charge is 0.497 e. The summed E-state index contributed by atoms with van der Waals surface area (Å²) < 4.78 is 5.23. The number of benzene rings is 2. The Morgan fingerprint density at radius 1 is 1.19 bits per heavy atom. The maximum absolute atomic E-state index is 11.0. The van der Waals surface area contributed by atoms with Crippen molar-refractivity contribution in [2.24, 2.45) is 0 Å². The number of thiophene rings is 1. The fourth-order valence-electron chi connectivity index (χ4n) is 2.92. The van der Waals surface area contributed by atoms with E-state index in [1.165, 1.54) is 11.3 Å². The van der Waals surface area contributed by atoms with Crippen LogP contribution in [0.15, 0.2) is 53.9 Å². The number of rotatable bonds is 5. The minimum Gasteiger partial charge on any atom is -0.497 e. The highest BCUT2D eigenvalue weighted by molar-refractivity contribution is 7.12. The van der Waals surface area contributed by atoms with Crippen LogP contribution in [0.1, 0.15) is 16.0 Å². The Balaban J connectivity index is 2.20. The summed E-state index contributed by atoms with van der Waals surface area (Å²) in [6, 6.07) is 15.4. The van der Waals surface area contributed by atoms with Gasteiger partial charge < -0.3 is 9.84 Å². The van der Waals surface area contributed by atoms with Crippen molar-refractivity contribution in [3.05, 3.63) is 69.9 Å². The Hall–Kier alpha value is -3.36. The molecule has 3 aromatic rings. The highest BCUT2D eigenvalue weighted by Gasteiger charge is 2.16. The molecule has 134 valence electrons. The first-order chi connectivity index (χ1) is 13.0. The molecule has 1 aromatic heterocycles. The molecule has 0 atom stereocenters. The number of nitriles is 1. The molecule has 0 fully saturated rings. The second-order valence-corrected chi connectivity index (χ2v) is 6.84. The lowest BCUT2D eigenvalue weighted by atomic mass is 9.93. The number of hydrogen-bond donors (Lipinski definition) is 1. The zero-order valence-corrected chi connectivity index (χ0v) is 15.7. The normalized spacial score (nSPS) is 10.7. The Kier molecular flexibility index (Phi) is 5.39. The quantitative estimate of drug-likeness (QED) is 0.609. The lowest BCUT2D eigenvalue weighted by Crippen LogP contribution is -1.90. The molecule has 0 unspecified atom stereocenters. The molecule has 0 aliphatic rings. The van der Waals surface area contributed by atoms with Gasteiger partial charge in [-0.2, -0.15) is 5.26 Å². The zero-order chi connectivity index (χ0) is 19.4. The summed E-state index contributed by atoms with van der Waals surface area (Å²) in [5.41, 5.74) is 5.53. The number of aliphatic carboxylic acids is 1. The van der Waals surface area contributed by atoms with Crippen LogP contribution in [0.4, 0.5) is 0 Å². The van der Waals surface area contributed by atoms with Crippen LogP contribution in [0.5, 0.6) is 5.75 Å². The lowest BCUT2D eigenvalue weighted by Gasteiger charge is -2.11. The molecule has 0 spiro atoms. The number of carboxylic acids is 1. The molecule has 1 N–H and O–H groups in total. The fourth-order valence-corrected chi connectivity index (χ4v) is 3.90. The number of methoxy groups -OCH3 is 1. The lowest BCUT2D eigenvalue weighted by molar-refractivity contribution is -0.131. The average molecular weight is 375 g/mol. The smallest absolute Gasteiger partial charge is 0.328 e. The third-order valence-corrected chi connectivity index (χ3v) is 5.17. The van der Waals surface area contributed by atoms with Crippen LogP contribution in [0.3, 0.4) is 0 Å². The number of hydrogen-bond acceptors (Lipinski definition) is 4. The van der Waals surface area contributed by atoms with Crippen molar-refractivity contribution in [2.45, 2.75) is 6.92 Å². The third kappa shape index (κ3) is 3.91. The predicted octanol–water partition coefficient (Wildman–Crippen LogP) is 5.37. The average Bonchev–Trinajstić information content (AvgIpc) is 3.10. The summed E-state index contributed by atoms with van der Waals surface area (Å²) in [5.74, 6) is -0.215. The highest BCUT2D eigenvalue weighted by Crippen LogP contribution is 2.42. The molecule has 0 saturated carbocycles. The summed E-state index contributed by atoms with van der Waals surface area (Å²) in [6.07, 6.45) is 2.76. The Labute approximate surface area is 161 Å². The van der Waals surface area contributed by atoms with E-state index in [-0.39, 0.29) is 0 Å². The molecule has 0 aliphatic heterocycles. The summed E-state index contributed by atoms with van der Waals surface area (Å²) in [6.45, 7) is 1.95. The van der Waals surface area contributed by atoms with Gasteiger partial charge in [-0.25, -0.2) is 4.79 Å². The molecule has 0 amide bonds. The van der Waals surface area contributed by atoms with Crippen molar-refractivity contribution < 1.29 is 14.6 Å². The van der Waals surface area contributed by atoms with Gasteiger partial charge in [0.2, 0.25) is 0 Å². The fraction of sp³-hybridized carbons (Fsp3) is 0.0909. The zero-order valence-electron chi connectivity index (χ0n) is 14.9. The van der Waals surface area contributed by atoms with Crippen LogP contribution in [0.25, 0.3) is 28.3 Å². The third-order valence-electron chi connectivity index (χ3n) is 4.22. The molecule has 3 rings (SSSR count). The van der Waals surface area contributed by atoms with E-state index in [0.29, 0.717) is 5.56 Å². The van der Waals surface area contributed by atoms with Gasteiger partial charge in [0.05, 0.1) is 18.7 Å². The monoisotopic (exact) mass is 375 g/mol. The molecule has 0 radical (unpaired) electrons. The molecular weight excluding hydrogens is 358 g/mol. The molecular formula is C22H17NO3S. The van der Waals surface area contributed by atoms with Crippen molar-refractivity contribution in [3.63, 3.8) is 0 Å². The standard InChI is InChI=1S/C22H17NO3S/c1-14-11-15(12-23)3-8-18(14)22-19(13-27-20(22)9-10-21(24)25)16-4-6-17(26-2)7-5-16/h3-11,13H,1-2H3,(H,24,25). The molecule has 5 heteroatoms. The van der Waals surface area contributed by atoms with Gasteiger partial charge in [0, 0.05) is 22.1 Å². The van der Waals surface area contributed by atoms with E-state index in [9.17, 15) is 4.79 Å². The molecule has 4 nitrogen and oxygen atoms in total. The number of nitrogens with zero attached hydrogens (tertiary/aromatic N) is 1. The molecule has 27 heavy (non-hydrogen) atoms. The minimum atomic E-state index is -0.989. The van der Waals surface area contributed by atoms with Crippen LogP contribution in [0.2, 0.25) is 0 Å². The van der Waals surface area contributed by atoms with E-state index in [2.05, 4.69) is 6.07 Å². The Bertz CT molecular complexity index is 1060. The summed E-state index contributed by atoms with van der Waals surface area (Å²) in [5, 5.41) is 20.2. The van der Waals surface area contributed by atoms with Gasteiger partial charge in [0.15, 0.2) is 0 Å². The van der Waals surface area contributed by atoms with E-state index in [0.717, 1.165) is 44.5 Å². The maximum atomic E-state index is 11.0. The van der Waals surface area contributed by atoms with Crippen LogP contribution >= 0.6 is 11.3 Å². The maximum Gasteiger partial charge on any atom is 0.328 e. The van der Waals surface area contributed by atoms with Gasteiger partial charge in [-0.3, -0.25) is 0 Å². The first kappa shape index (κ1) is 18.4. The van der Waals surface area contributed by atoms with Crippen molar-refractivity contribution in [3.8, 4) is 34.1 Å². The van der Waals surface area contributed by atoms with E-state index in [1.807, 2.05) is 48.7 Å². The van der Waals surface area contributed by atoms with Gasteiger partial charge in [-0.15, -0.1) is 11.3 Å². The molecule has 2 aromatic carbocycles. The predicted molar refractivity (Wildman–Crippen MR) is 108 cm³/mol. The first-order valence-electron chi connectivity index (χ1n) is 8.21. The SMILES string of the molecule is COc1ccc(-c2csc(C=CC(=O)O)c2-c2ccc(C#N)cc2C)cc1. The number of carboxylic acid groups (broad SMARTS) is 1. The Morgan fingerprint density at radius 3 is 2.52 bits per heavy atom. The number of aryl methyl sites for hydroxylation is 1. The van der Waals surface area contributed by atoms with E-state index >= 15 is 0 Å². The van der Waals surface area contributed by atoms with Crippen molar-refractivity contribution in [2.75, 3.05) is 7.11 Å². The highest BCUT2D eigenvalue weighted by atomic mass is 32.1. The second-order valence-electron chi connectivity index (χ2n) is 5.93. The molecule has 1 heterocycles. The molecule has 0 saturated heterocycles. The van der Waals surface area contributed by atoms with Crippen LogP contribution in [0, 0.1) is 18.3 Å². The molecule has 0 aliphatic carbocycles. The van der Waals surface area contributed by atoms with Crippen LogP contribution < -0.4 is 4.74 Å². The first-order valence-corrected chi connectivity index (χ1v) is 9.09. The summed E-state index contributed by atoms with van der Waals surface area (Å²) in [4.78, 5) is 11.8. The topological polar surface area (TPSA) is 70.3 Å². The van der Waals surface area contributed by atoms with Crippen LogP contribution in [-0.2, 0) is 4.79 Å². The van der Waals surface area contributed by atoms with Gasteiger partial charge in [-0.1, -0.05) is 18.2 Å². The van der Waals surface area contributed by atoms with Crippen LogP contribution in [-0.4, -0.2) is 18.2 Å². The number of carbonyl (C=O) groups is 1. The van der Waals surface area contributed by atoms with E-state index in [4.69, 9.17) is 15.1 Å². The second kappa shape index (κ2) is 7.90. The van der Waals surface area contributed by atoms with Crippen molar-refractivity contribution in [1.29, 1.82) is 5.26 Å². The van der Waals surface area contributed by atoms with E-state index < -0.39 is 5.97 Å². The summed E-state index contributed by atoms with van der Waals surface area (Å²) in [7, 11) is 1.62. The van der Waals surface area contributed by atoms with Gasteiger partial charge in [0.25, 0.3) is 0 Å². The van der Waals surface area contributed by atoms with Gasteiger partial charge in [-0.05, 0) is 59.3 Å². The van der Waals surface area contributed by atoms with Gasteiger partial charge >= 0.3 is 5.97 Å². The molecule has 0 bridgehead atoms. The number of ether oxygens (including phenoxy) is 1. The van der Waals surface area contributed by atoms with Crippen molar-refractivity contribution >= 4 is 23.4 Å². The van der Waals surface area contributed by atoms with Gasteiger partial charge in [0.1, 0.15) is 5.75 Å². The Morgan fingerprint density at radius 2 is 1.93 bits per heavy atom. The minimum absolute atomic E-state index is 0.597. The van der Waals surface area contributed by atoms with Crippen molar-refractivity contribution in [1.82, 2.24) is 0 Å².